The molecule has 0 atom stereocenters. The Labute approximate surface area is 139 Å². The first kappa shape index (κ1) is 17.0. The number of imidazole rings is 1. The molecule has 7 heteroatoms. The minimum atomic E-state index is -0.577. The predicted molar refractivity (Wildman–Crippen MR) is 92.7 cm³/mol. The molecule has 23 heavy (non-hydrogen) atoms. The Balaban J connectivity index is 0.00000192. The monoisotopic (exact) mass is 334 g/mol. The molecule has 3 rings (SSSR count). The van der Waals surface area contributed by atoms with Crippen LogP contribution in [0.25, 0.3) is 16.7 Å². The van der Waals surface area contributed by atoms with Crippen LogP contribution in [0.1, 0.15) is 20.3 Å². The van der Waals surface area contributed by atoms with Crippen molar-refractivity contribution >= 4 is 23.4 Å². The lowest BCUT2D eigenvalue weighted by atomic mass is 10.1. The number of fused-ring (bicyclic) bond motifs is 1. The molecule has 1 aromatic carbocycles. The van der Waals surface area contributed by atoms with Gasteiger partial charge in [-0.25, -0.2) is 4.98 Å². The maximum Gasteiger partial charge on any atom is 0.316 e. The zero-order valence-electron chi connectivity index (χ0n) is 13.0. The second-order valence-corrected chi connectivity index (χ2v) is 5.76. The molecule has 0 aliphatic heterocycles. The average Bonchev–Trinajstić information content (AvgIpc) is 3.01. The number of aryl methyl sites for hydroxylation is 1. The van der Waals surface area contributed by atoms with Gasteiger partial charge in [0, 0.05) is 24.6 Å². The molecule has 0 bridgehead atoms. The van der Waals surface area contributed by atoms with E-state index in [2.05, 4.69) is 23.8 Å². The van der Waals surface area contributed by atoms with Crippen molar-refractivity contribution < 1.29 is 0 Å². The third-order valence-corrected chi connectivity index (χ3v) is 3.69. The molecule has 0 saturated heterocycles. The third kappa shape index (κ3) is 3.37. The number of halogens is 1. The zero-order valence-corrected chi connectivity index (χ0v) is 13.8. The molecule has 2 heterocycles. The van der Waals surface area contributed by atoms with E-state index in [9.17, 15) is 9.59 Å². The van der Waals surface area contributed by atoms with Crippen molar-refractivity contribution in [2.24, 2.45) is 5.92 Å². The summed E-state index contributed by atoms with van der Waals surface area (Å²) in [7, 11) is 0. The molecule has 122 valence electrons. The molecule has 6 nitrogen and oxygen atoms in total. The number of hydrogen-bond acceptors (Lipinski definition) is 3. The topological polar surface area (TPSA) is 72.7 Å². The zero-order chi connectivity index (χ0) is 15.7. The van der Waals surface area contributed by atoms with E-state index in [4.69, 9.17) is 0 Å². The quantitative estimate of drug-likeness (QED) is 0.744. The van der Waals surface area contributed by atoms with E-state index in [-0.39, 0.29) is 12.4 Å². The Morgan fingerprint density at radius 2 is 2.04 bits per heavy atom. The molecule has 0 fully saturated rings. The summed E-state index contributed by atoms with van der Waals surface area (Å²) in [5.41, 5.74) is 1.21. The number of rotatable bonds is 4. The fraction of sp³-hybridized carbons (Fsp3) is 0.312. The summed E-state index contributed by atoms with van der Waals surface area (Å²) in [5.74, 6) is 0.457. The van der Waals surface area contributed by atoms with Crippen LogP contribution in [0, 0.1) is 5.92 Å². The van der Waals surface area contributed by atoms with Crippen LogP contribution in [0.2, 0.25) is 0 Å². The fourth-order valence-electron chi connectivity index (χ4n) is 2.44. The normalized spacial score (nSPS) is 10.9. The van der Waals surface area contributed by atoms with Gasteiger partial charge in [0.05, 0.1) is 17.4 Å². The molecule has 1 N–H and O–H groups in total. The second kappa shape index (κ2) is 6.83. The van der Waals surface area contributed by atoms with Gasteiger partial charge in [0.1, 0.15) is 0 Å². The molecule has 3 aromatic rings. The van der Waals surface area contributed by atoms with Gasteiger partial charge < -0.3 is 14.1 Å². The van der Waals surface area contributed by atoms with Gasteiger partial charge in [-0.1, -0.05) is 13.8 Å². The first-order valence-electron chi connectivity index (χ1n) is 7.31. The van der Waals surface area contributed by atoms with Gasteiger partial charge in [-0.05, 0) is 30.5 Å². The largest absolute Gasteiger partial charge is 0.316 e. The van der Waals surface area contributed by atoms with Gasteiger partial charge in [0.25, 0.3) is 0 Å². The van der Waals surface area contributed by atoms with E-state index in [1.807, 2.05) is 29.0 Å². The van der Waals surface area contributed by atoms with E-state index in [1.54, 1.807) is 17.1 Å². The highest BCUT2D eigenvalue weighted by molar-refractivity contribution is 5.85. The number of aromatic nitrogens is 4. The summed E-state index contributed by atoms with van der Waals surface area (Å²) in [6, 6.07) is 5.60. The fourth-order valence-corrected chi connectivity index (χ4v) is 2.44. The van der Waals surface area contributed by atoms with Crippen LogP contribution >= 0.6 is 12.4 Å². The Morgan fingerprint density at radius 1 is 1.26 bits per heavy atom. The highest BCUT2D eigenvalue weighted by Crippen LogP contribution is 2.16. The summed E-state index contributed by atoms with van der Waals surface area (Å²) in [4.78, 5) is 30.7. The van der Waals surface area contributed by atoms with E-state index in [0.717, 1.165) is 17.6 Å². The maximum atomic E-state index is 12.2. The van der Waals surface area contributed by atoms with Crippen LogP contribution in [-0.2, 0) is 6.54 Å². The van der Waals surface area contributed by atoms with E-state index in [1.165, 1.54) is 0 Å². The first-order chi connectivity index (χ1) is 10.6. The number of aromatic amines is 1. The summed E-state index contributed by atoms with van der Waals surface area (Å²) in [6.07, 6.45) is 6.07. The SMILES string of the molecule is CC(C)CCn1c(=O)c(=O)[nH]c2ccc(-n3ccnc3)cc21.Cl. The Hall–Kier alpha value is -2.34. The molecular formula is C16H19ClN4O2. The highest BCUT2D eigenvalue weighted by atomic mass is 35.5. The van der Waals surface area contributed by atoms with Gasteiger partial charge in [0.2, 0.25) is 0 Å². The maximum absolute atomic E-state index is 12.2. The van der Waals surface area contributed by atoms with Crippen molar-refractivity contribution in [1.82, 2.24) is 19.1 Å². The molecule has 0 amide bonds. The van der Waals surface area contributed by atoms with Gasteiger partial charge in [-0.3, -0.25) is 9.59 Å². The number of nitrogens with one attached hydrogen (secondary N) is 1. The summed E-state index contributed by atoms with van der Waals surface area (Å²) in [6.45, 7) is 4.72. The Kier molecular flexibility index (Phi) is 5.05. The van der Waals surface area contributed by atoms with Crippen molar-refractivity contribution in [2.75, 3.05) is 0 Å². The Bertz CT molecular complexity index is 910. The van der Waals surface area contributed by atoms with Crippen molar-refractivity contribution in [1.29, 1.82) is 0 Å². The van der Waals surface area contributed by atoms with Crippen LogP contribution in [0.4, 0.5) is 0 Å². The number of hydrogen-bond donors (Lipinski definition) is 1. The van der Waals surface area contributed by atoms with Crippen LogP contribution in [0.3, 0.4) is 0 Å². The van der Waals surface area contributed by atoms with Crippen LogP contribution in [-0.4, -0.2) is 19.1 Å². The van der Waals surface area contributed by atoms with E-state index >= 15 is 0 Å². The van der Waals surface area contributed by atoms with Crippen LogP contribution in [0.15, 0.2) is 46.5 Å². The van der Waals surface area contributed by atoms with Gasteiger partial charge in [0.15, 0.2) is 0 Å². The molecule has 0 spiro atoms. The molecule has 0 unspecified atom stereocenters. The van der Waals surface area contributed by atoms with Gasteiger partial charge in [-0.15, -0.1) is 12.4 Å². The lowest BCUT2D eigenvalue weighted by Crippen LogP contribution is -2.36. The smallest absolute Gasteiger partial charge is 0.316 e. The summed E-state index contributed by atoms with van der Waals surface area (Å²) < 4.78 is 3.43. The van der Waals surface area contributed by atoms with Crippen molar-refractivity contribution in [3.8, 4) is 5.69 Å². The summed E-state index contributed by atoms with van der Waals surface area (Å²) >= 11 is 0. The second-order valence-electron chi connectivity index (χ2n) is 5.76. The molecule has 0 saturated carbocycles. The van der Waals surface area contributed by atoms with Crippen LogP contribution in [0.5, 0.6) is 0 Å². The van der Waals surface area contributed by atoms with Crippen LogP contribution < -0.4 is 11.1 Å². The number of benzene rings is 1. The molecule has 2 aromatic heterocycles. The van der Waals surface area contributed by atoms with Gasteiger partial charge in [-0.2, -0.15) is 0 Å². The van der Waals surface area contributed by atoms with Crippen molar-refractivity contribution in [3.05, 3.63) is 57.6 Å². The average molecular weight is 335 g/mol. The lowest BCUT2D eigenvalue weighted by Gasteiger charge is -2.12. The first-order valence-corrected chi connectivity index (χ1v) is 7.31. The minimum absolute atomic E-state index is 0. The third-order valence-electron chi connectivity index (χ3n) is 3.69. The number of H-pyrrole nitrogens is 1. The minimum Gasteiger partial charge on any atom is -0.316 e. The van der Waals surface area contributed by atoms with E-state index in [0.29, 0.717) is 18.0 Å². The number of nitrogens with zero attached hydrogens (tertiary/aromatic N) is 3. The molecule has 0 aliphatic carbocycles. The Morgan fingerprint density at radius 3 is 2.70 bits per heavy atom. The molecule has 0 aliphatic rings. The van der Waals surface area contributed by atoms with Gasteiger partial charge >= 0.3 is 11.1 Å². The summed E-state index contributed by atoms with van der Waals surface area (Å²) in [5, 5.41) is 0. The highest BCUT2D eigenvalue weighted by Gasteiger charge is 2.09. The van der Waals surface area contributed by atoms with E-state index < -0.39 is 11.1 Å². The van der Waals surface area contributed by atoms with Crippen molar-refractivity contribution in [2.45, 2.75) is 26.8 Å². The predicted octanol–water partition coefficient (Wildman–Crippen LogP) is 2.34. The standard InChI is InChI=1S/C16H18N4O2.ClH/c1-11(2)5-7-20-14-9-12(19-8-6-17-10-19)3-4-13(14)18-15(21)16(20)22;/h3-4,6,8-11H,5,7H2,1-2H3,(H,18,21);1H. The molecular weight excluding hydrogens is 316 g/mol. The molecule has 0 radical (unpaired) electrons. The van der Waals surface area contributed by atoms with Crippen molar-refractivity contribution in [3.63, 3.8) is 0 Å². The lowest BCUT2D eigenvalue weighted by molar-refractivity contribution is 0.514.